The summed E-state index contributed by atoms with van der Waals surface area (Å²) < 4.78 is 0. The lowest BCUT2D eigenvalue weighted by Gasteiger charge is -2.23. The normalized spacial score (nSPS) is 13.9. The molecule has 0 fully saturated rings. The third kappa shape index (κ3) is 2.86. The summed E-state index contributed by atoms with van der Waals surface area (Å²) in [6.45, 7) is 10.8. The Labute approximate surface area is 107 Å². The molecule has 0 saturated carbocycles. The lowest BCUT2D eigenvalue weighted by Crippen LogP contribution is -2.13. The number of benzene rings is 1. The first-order valence-electron chi connectivity index (χ1n) is 5.63. The maximum absolute atomic E-state index is 9.94. The smallest absolute Gasteiger partial charge is 0.0891 e. The Morgan fingerprint density at radius 2 is 1.62 bits per heavy atom. The number of aliphatic hydroxyl groups excluding tert-OH is 1. The molecule has 1 aromatic rings. The summed E-state index contributed by atoms with van der Waals surface area (Å²) in [6.07, 6.45) is -0.408. The SMILES string of the molecule is Cc1cc(C(C)(C)C)cc(C)c1C(O)CBr. The minimum absolute atomic E-state index is 0.160. The van der Waals surface area contributed by atoms with E-state index in [9.17, 15) is 5.11 Å². The molecule has 0 aliphatic heterocycles. The van der Waals surface area contributed by atoms with Crippen LogP contribution in [0.15, 0.2) is 12.1 Å². The predicted octanol–water partition coefficient (Wildman–Crippen LogP) is 4.03. The molecule has 1 rings (SSSR count). The minimum atomic E-state index is -0.408. The molecule has 0 saturated heterocycles. The maximum atomic E-state index is 9.94. The molecule has 2 heteroatoms. The second kappa shape index (κ2) is 4.89. The van der Waals surface area contributed by atoms with Gasteiger partial charge in [0.15, 0.2) is 0 Å². The van der Waals surface area contributed by atoms with Crippen LogP contribution >= 0.6 is 15.9 Å². The minimum Gasteiger partial charge on any atom is -0.388 e. The fourth-order valence-corrected chi connectivity index (χ4v) is 2.33. The van der Waals surface area contributed by atoms with Crippen molar-refractivity contribution in [3.63, 3.8) is 0 Å². The molecule has 0 aliphatic rings. The molecule has 1 N–H and O–H groups in total. The Kier molecular flexibility index (Phi) is 4.19. The first-order chi connectivity index (χ1) is 7.27. The molecule has 90 valence electrons. The zero-order valence-corrected chi connectivity index (χ0v) is 12.4. The third-order valence-corrected chi connectivity index (χ3v) is 3.55. The number of hydrogen-bond acceptors (Lipinski definition) is 1. The highest BCUT2D eigenvalue weighted by Gasteiger charge is 2.18. The summed E-state index contributed by atoms with van der Waals surface area (Å²) >= 11 is 3.33. The number of aryl methyl sites for hydroxylation is 2. The van der Waals surface area contributed by atoms with Crippen molar-refractivity contribution in [2.24, 2.45) is 0 Å². The van der Waals surface area contributed by atoms with Gasteiger partial charge in [0.05, 0.1) is 6.10 Å². The third-order valence-electron chi connectivity index (χ3n) is 2.94. The Bertz CT molecular complexity index is 354. The van der Waals surface area contributed by atoms with E-state index in [4.69, 9.17) is 0 Å². The van der Waals surface area contributed by atoms with Crippen LogP contribution in [-0.4, -0.2) is 10.4 Å². The van der Waals surface area contributed by atoms with Gasteiger partial charge in [0.25, 0.3) is 0 Å². The molecule has 0 radical (unpaired) electrons. The number of halogens is 1. The van der Waals surface area contributed by atoms with E-state index < -0.39 is 6.10 Å². The molecule has 1 unspecified atom stereocenters. The van der Waals surface area contributed by atoms with Gasteiger partial charge >= 0.3 is 0 Å². The molecular formula is C14H21BrO. The quantitative estimate of drug-likeness (QED) is 0.813. The van der Waals surface area contributed by atoms with E-state index in [1.54, 1.807) is 0 Å². The molecule has 0 spiro atoms. The van der Waals surface area contributed by atoms with E-state index in [2.05, 4.69) is 62.7 Å². The summed E-state index contributed by atoms with van der Waals surface area (Å²) in [7, 11) is 0. The van der Waals surface area contributed by atoms with Gasteiger partial charge in [-0.2, -0.15) is 0 Å². The highest BCUT2D eigenvalue weighted by molar-refractivity contribution is 9.09. The average molecular weight is 285 g/mol. The van der Waals surface area contributed by atoms with E-state index >= 15 is 0 Å². The second-order valence-electron chi connectivity index (χ2n) is 5.44. The largest absolute Gasteiger partial charge is 0.388 e. The van der Waals surface area contributed by atoms with Gasteiger partial charge in [-0.15, -0.1) is 0 Å². The molecule has 0 aliphatic carbocycles. The molecule has 1 nitrogen and oxygen atoms in total. The summed E-state index contributed by atoms with van der Waals surface area (Å²) in [5.74, 6) is 0. The highest BCUT2D eigenvalue weighted by Crippen LogP contribution is 2.30. The van der Waals surface area contributed by atoms with E-state index in [0.29, 0.717) is 5.33 Å². The van der Waals surface area contributed by atoms with Crippen molar-refractivity contribution >= 4 is 15.9 Å². The molecule has 0 aromatic heterocycles. The van der Waals surface area contributed by atoms with Crippen LogP contribution in [0.5, 0.6) is 0 Å². The maximum Gasteiger partial charge on any atom is 0.0891 e. The molecule has 1 aromatic carbocycles. The highest BCUT2D eigenvalue weighted by atomic mass is 79.9. The van der Waals surface area contributed by atoms with Gasteiger partial charge in [-0.3, -0.25) is 0 Å². The first kappa shape index (κ1) is 13.7. The molecule has 0 bridgehead atoms. The van der Waals surface area contributed by atoms with Crippen LogP contribution in [0.2, 0.25) is 0 Å². The Balaban J connectivity index is 3.28. The summed E-state index contributed by atoms with van der Waals surface area (Å²) in [4.78, 5) is 0. The number of aliphatic hydroxyl groups is 1. The number of alkyl halides is 1. The fraction of sp³-hybridized carbons (Fsp3) is 0.571. The Morgan fingerprint density at radius 3 is 1.94 bits per heavy atom. The topological polar surface area (TPSA) is 20.2 Å². The molecular weight excluding hydrogens is 264 g/mol. The van der Waals surface area contributed by atoms with Crippen molar-refractivity contribution in [2.75, 3.05) is 5.33 Å². The first-order valence-corrected chi connectivity index (χ1v) is 6.75. The molecule has 0 amide bonds. The van der Waals surface area contributed by atoms with Crippen molar-refractivity contribution in [3.8, 4) is 0 Å². The molecule has 1 atom stereocenters. The summed E-state index contributed by atoms with van der Waals surface area (Å²) in [6, 6.07) is 4.38. The van der Waals surface area contributed by atoms with Gasteiger partial charge in [0.2, 0.25) is 0 Å². The van der Waals surface area contributed by atoms with Gasteiger partial charge in [-0.25, -0.2) is 0 Å². The zero-order chi connectivity index (χ0) is 12.5. The summed E-state index contributed by atoms with van der Waals surface area (Å²) in [5, 5.41) is 10.5. The average Bonchev–Trinajstić information content (AvgIpc) is 2.14. The van der Waals surface area contributed by atoms with Gasteiger partial charge in [-0.05, 0) is 41.5 Å². The van der Waals surface area contributed by atoms with Crippen molar-refractivity contribution < 1.29 is 5.11 Å². The van der Waals surface area contributed by atoms with E-state index in [1.807, 2.05) is 0 Å². The monoisotopic (exact) mass is 284 g/mol. The zero-order valence-electron chi connectivity index (χ0n) is 10.8. The second-order valence-corrected chi connectivity index (χ2v) is 6.09. The van der Waals surface area contributed by atoms with Crippen LogP contribution in [0, 0.1) is 13.8 Å². The Hall–Kier alpha value is -0.340. The van der Waals surface area contributed by atoms with Crippen molar-refractivity contribution in [1.29, 1.82) is 0 Å². The van der Waals surface area contributed by atoms with E-state index in [0.717, 1.165) is 5.56 Å². The van der Waals surface area contributed by atoms with Gasteiger partial charge < -0.3 is 5.11 Å². The van der Waals surface area contributed by atoms with Crippen molar-refractivity contribution in [2.45, 2.75) is 46.1 Å². The van der Waals surface area contributed by atoms with Crippen molar-refractivity contribution in [1.82, 2.24) is 0 Å². The van der Waals surface area contributed by atoms with Crippen LogP contribution in [0.3, 0.4) is 0 Å². The van der Waals surface area contributed by atoms with E-state index in [-0.39, 0.29) is 5.41 Å². The van der Waals surface area contributed by atoms with Crippen molar-refractivity contribution in [3.05, 3.63) is 34.4 Å². The van der Waals surface area contributed by atoms with Crippen LogP contribution in [0.1, 0.15) is 49.1 Å². The lowest BCUT2D eigenvalue weighted by atomic mass is 9.83. The number of rotatable bonds is 2. The van der Waals surface area contributed by atoms with Gasteiger partial charge in [0.1, 0.15) is 0 Å². The van der Waals surface area contributed by atoms with Crippen LogP contribution in [0.4, 0.5) is 0 Å². The van der Waals surface area contributed by atoms with Gasteiger partial charge in [-0.1, -0.05) is 48.8 Å². The van der Waals surface area contributed by atoms with Crippen LogP contribution < -0.4 is 0 Å². The van der Waals surface area contributed by atoms with Gasteiger partial charge in [0, 0.05) is 5.33 Å². The lowest BCUT2D eigenvalue weighted by molar-refractivity contribution is 0.204. The summed E-state index contributed by atoms with van der Waals surface area (Å²) in [5.41, 5.74) is 4.90. The van der Waals surface area contributed by atoms with Crippen LogP contribution in [0.25, 0.3) is 0 Å². The standard InChI is InChI=1S/C14H21BrO/c1-9-6-11(14(3,4)5)7-10(2)13(9)12(16)8-15/h6-7,12,16H,8H2,1-5H3. The van der Waals surface area contributed by atoms with E-state index in [1.165, 1.54) is 16.7 Å². The Morgan fingerprint density at radius 1 is 1.19 bits per heavy atom. The predicted molar refractivity (Wildman–Crippen MR) is 73.4 cm³/mol. The molecule has 0 heterocycles. The molecule has 16 heavy (non-hydrogen) atoms. The fourth-order valence-electron chi connectivity index (χ4n) is 2.01. The van der Waals surface area contributed by atoms with Crippen LogP contribution in [-0.2, 0) is 5.41 Å². The number of hydrogen-bond donors (Lipinski definition) is 1.